The second-order valence-corrected chi connectivity index (χ2v) is 5.84. The molecule has 0 spiro atoms. The predicted molar refractivity (Wildman–Crippen MR) is 72.1 cm³/mol. The van der Waals surface area contributed by atoms with E-state index >= 15 is 0 Å². The van der Waals surface area contributed by atoms with E-state index in [9.17, 15) is 0 Å². The summed E-state index contributed by atoms with van der Waals surface area (Å²) in [5, 5.41) is 0. The van der Waals surface area contributed by atoms with Gasteiger partial charge in [0.2, 0.25) is 0 Å². The standard InChI is InChI=1S/C14H21N.ClH/c1-13(2,3)11-5-7-12(8-6-11)14(15)9-4-10-14;/h5-8H,4,9-10,15H2,1-3H3;1H. The molecule has 2 heteroatoms. The highest BCUT2D eigenvalue weighted by molar-refractivity contribution is 5.85. The second kappa shape index (κ2) is 4.38. The number of nitrogens with two attached hydrogens (primary N) is 1. The highest BCUT2D eigenvalue weighted by Gasteiger charge is 2.34. The Morgan fingerprint density at radius 3 is 1.88 bits per heavy atom. The first kappa shape index (κ1) is 13.5. The van der Waals surface area contributed by atoms with Crippen LogP contribution in [0.15, 0.2) is 24.3 Å². The van der Waals surface area contributed by atoms with Crippen molar-refractivity contribution in [1.29, 1.82) is 0 Å². The summed E-state index contributed by atoms with van der Waals surface area (Å²) in [4.78, 5) is 0. The van der Waals surface area contributed by atoms with E-state index in [1.807, 2.05) is 0 Å². The lowest BCUT2D eigenvalue weighted by Gasteiger charge is -2.39. The summed E-state index contributed by atoms with van der Waals surface area (Å²) in [7, 11) is 0. The van der Waals surface area contributed by atoms with Gasteiger partial charge in [0.1, 0.15) is 0 Å². The van der Waals surface area contributed by atoms with Gasteiger partial charge in [-0.15, -0.1) is 12.4 Å². The van der Waals surface area contributed by atoms with Gasteiger partial charge in [-0.05, 0) is 35.8 Å². The molecule has 2 rings (SSSR count). The molecule has 0 saturated heterocycles. The minimum atomic E-state index is -0.0174. The smallest absolute Gasteiger partial charge is 0.0409 e. The van der Waals surface area contributed by atoms with E-state index < -0.39 is 0 Å². The van der Waals surface area contributed by atoms with Gasteiger partial charge in [0.25, 0.3) is 0 Å². The van der Waals surface area contributed by atoms with Crippen LogP contribution in [0.25, 0.3) is 0 Å². The summed E-state index contributed by atoms with van der Waals surface area (Å²) in [6.45, 7) is 6.72. The lowest BCUT2D eigenvalue weighted by molar-refractivity contribution is 0.253. The van der Waals surface area contributed by atoms with E-state index in [0.29, 0.717) is 0 Å². The van der Waals surface area contributed by atoms with Crippen molar-refractivity contribution < 1.29 is 0 Å². The van der Waals surface area contributed by atoms with E-state index in [1.165, 1.54) is 17.5 Å². The fourth-order valence-electron chi connectivity index (χ4n) is 2.15. The van der Waals surface area contributed by atoms with Gasteiger partial charge in [-0.3, -0.25) is 0 Å². The fourth-order valence-corrected chi connectivity index (χ4v) is 2.15. The zero-order valence-electron chi connectivity index (χ0n) is 10.4. The van der Waals surface area contributed by atoms with Crippen LogP contribution in [0.3, 0.4) is 0 Å². The van der Waals surface area contributed by atoms with Gasteiger partial charge in [-0.1, -0.05) is 45.0 Å². The van der Waals surface area contributed by atoms with Gasteiger partial charge < -0.3 is 5.73 Å². The summed E-state index contributed by atoms with van der Waals surface area (Å²) in [5.74, 6) is 0. The maximum Gasteiger partial charge on any atom is 0.0409 e. The van der Waals surface area contributed by atoms with Crippen LogP contribution in [0.5, 0.6) is 0 Å². The van der Waals surface area contributed by atoms with E-state index in [-0.39, 0.29) is 23.4 Å². The Bertz CT molecular complexity index is 344. The van der Waals surface area contributed by atoms with Crippen LogP contribution in [0.2, 0.25) is 0 Å². The number of halogens is 1. The molecule has 2 N–H and O–H groups in total. The quantitative estimate of drug-likeness (QED) is 0.794. The average Bonchev–Trinajstić information content (AvgIpc) is 2.13. The predicted octanol–water partition coefficient (Wildman–Crippen LogP) is 3.74. The SMILES string of the molecule is CC(C)(C)c1ccc(C2(N)CCC2)cc1.Cl. The molecule has 90 valence electrons. The van der Waals surface area contributed by atoms with Gasteiger partial charge in [0, 0.05) is 5.54 Å². The summed E-state index contributed by atoms with van der Waals surface area (Å²) >= 11 is 0. The highest BCUT2D eigenvalue weighted by Crippen LogP contribution is 2.39. The van der Waals surface area contributed by atoms with E-state index in [4.69, 9.17) is 5.73 Å². The maximum atomic E-state index is 6.28. The molecular formula is C14H22ClN. The zero-order chi connectivity index (χ0) is 11.1. The average molecular weight is 240 g/mol. The molecule has 1 aliphatic carbocycles. The molecule has 0 amide bonds. The minimum Gasteiger partial charge on any atom is -0.321 e. The minimum absolute atomic E-state index is 0. The van der Waals surface area contributed by atoms with Gasteiger partial charge in [0.15, 0.2) is 0 Å². The topological polar surface area (TPSA) is 26.0 Å². The molecule has 1 fully saturated rings. The fraction of sp³-hybridized carbons (Fsp3) is 0.571. The van der Waals surface area contributed by atoms with Crippen LogP contribution >= 0.6 is 12.4 Å². The number of benzene rings is 1. The largest absolute Gasteiger partial charge is 0.321 e. The van der Waals surface area contributed by atoms with Gasteiger partial charge in [-0.2, -0.15) is 0 Å². The maximum absolute atomic E-state index is 6.28. The van der Waals surface area contributed by atoms with Crippen LogP contribution in [0, 0.1) is 0 Å². The van der Waals surface area contributed by atoms with Crippen molar-refractivity contribution in [3.63, 3.8) is 0 Å². The number of hydrogen-bond acceptors (Lipinski definition) is 1. The van der Waals surface area contributed by atoms with Gasteiger partial charge in [0.05, 0.1) is 0 Å². The molecule has 0 atom stereocenters. The third-order valence-electron chi connectivity index (χ3n) is 3.57. The van der Waals surface area contributed by atoms with Crippen LogP contribution in [0.4, 0.5) is 0 Å². The molecule has 0 aromatic heterocycles. The van der Waals surface area contributed by atoms with Crippen molar-refractivity contribution in [2.24, 2.45) is 5.73 Å². The van der Waals surface area contributed by atoms with Crippen LogP contribution < -0.4 is 5.73 Å². The molecule has 16 heavy (non-hydrogen) atoms. The van der Waals surface area contributed by atoms with Crippen molar-refractivity contribution in [2.45, 2.75) is 51.0 Å². The Hall–Kier alpha value is -0.530. The van der Waals surface area contributed by atoms with Gasteiger partial charge in [-0.25, -0.2) is 0 Å². The molecule has 0 bridgehead atoms. The molecular weight excluding hydrogens is 218 g/mol. The van der Waals surface area contributed by atoms with E-state index in [2.05, 4.69) is 45.0 Å². The molecule has 0 heterocycles. The summed E-state index contributed by atoms with van der Waals surface area (Å²) in [6.07, 6.45) is 3.56. The third-order valence-corrected chi connectivity index (χ3v) is 3.57. The molecule has 0 radical (unpaired) electrons. The Labute approximate surface area is 105 Å². The number of rotatable bonds is 1. The molecule has 1 saturated carbocycles. The normalized spacial score (nSPS) is 18.5. The molecule has 1 aromatic rings. The van der Waals surface area contributed by atoms with E-state index in [0.717, 1.165) is 12.8 Å². The van der Waals surface area contributed by atoms with Crippen LogP contribution in [-0.4, -0.2) is 0 Å². The zero-order valence-corrected chi connectivity index (χ0v) is 11.2. The van der Waals surface area contributed by atoms with Crippen LogP contribution in [0.1, 0.15) is 51.2 Å². The van der Waals surface area contributed by atoms with E-state index in [1.54, 1.807) is 0 Å². The Balaban J connectivity index is 0.00000128. The molecule has 0 aliphatic heterocycles. The van der Waals surface area contributed by atoms with Crippen molar-refractivity contribution in [2.75, 3.05) is 0 Å². The Morgan fingerprint density at radius 2 is 1.56 bits per heavy atom. The Kier molecular flexibility index (Phi) is 3.71. The highest BCUT2D eigenvalue weighted by atomic mass is 35.5. The van der Waals surface area contributed by atoms with Crippen molar-refractivity contribution in [3.05, 3.63) is 35.4 Å². The molecule has 1 aromatic carbocycles. The molecule has 0 unspecified atom stereocenters. The van der Waals surface area contributed by atoms with Crippen molar-refractivity contribution in [3.8, 4) is 0 Å². The van der Waals surface area contributed by atoms with Gasteiger partial charge >= 0.3 is 0 Å². The van der Waals surface area contributed by atoms with Crippen molar-refractivity contribution >= 4 is 12.4 Å². The molecule has 1 nitrogen and oxygen atoms in total. The van der Waals surface area contributed by atoms with Crippen LogP contribution in [-0.2, 0) is 11.0 Å². The lowest BCUT2D eigenvalue weighted by Crippen LogP contribution is -2.43. The summed E-state index contributed by atoms with van der Waals surface area (Å²) in [5.41, 5.74) is 9.19. The molecule has 1 aliphatic rings. The summed E-state index contributed by atoms with van der Waals surface area (Å²) in [6, 6.07) is 8.87. The third kappa shape index (κ3) is 2.41. The lowest BCUT2D eigenvalue weighted by atomic mass is 9.72. The van der Waals surface area contributed by atoms with Crippen molar-refractivity contribution in [1.82, 2.24) is 0 Å². The first-order valence-electron chi connectivity index (χ1n) is 5.82. The first-order valence-corrected chi connectivity index (χ1v) is 5.82. The second-order valence-electron chi connectivity index (χ2n) is 5.84. The summed E-state index contributed by atoms with van der Waals surface area (Å²) < 4.78 is 0. The number of hydrogen-bond donors (Lipinski definition) is 1. The Morgan fingerprint density at radius 1 is 1.06 bits per heavy atom. The monoisotopic (exact) mass is 239 g/mol. The first-order chi connectivity index (χ1) is 6.92.